The van der Waals surface area contributed by atoms with Crippen molar-refractivity contribution in [2.75, 3.05) is 19.8 Å². The molecule has 2 aromatic rings. The Labute approximate surface area is 235 Å². The molecule has 214 valence electrons. The van der Waals surface area contributed by atoms with Crippen molar-refractivity contribution in [1.29, 1.82) is 0 Å². The molecule has 1 atom stereocenters. The van der Waals surface area contributed by atoms with Gasteiger partial charge in [-0.2, -0.15) is 0 Å². The number of hydrogen-bond acceptors (Lipinski definition) is 6. The highest BCUT2D eigenvalue weighted by atomic mass is 16.5. The van der Waals surface area contributed by atoms with E-state index in [9.17, 15) is 19.2 Å². The molecule has 9 heteroatoms. The molecule has 9 nitrogen and oxygen atoms in total. The van der Waals surface area contributed by atoms with Crippen LogP contribution >= 0.6 is 0 Å². The lowest BCUT2D eigenvalue weighted by molar-refractivity contribution is -0.137. The number of benzene rings is 2. The van der Waals surface area contributed by atoms with Gasteiger partial charge in [0.15, 0.2) is 0 Å². The highest BCUT2D eigenvalue weighted by Gasteiger charge is 2.39. The molecular formula is C31H39N3O6. The molecular weight excluding hydrogens is 510 g/mol. The number of fused-ring (bicyclic) bond motifs is 1. The summed E-state index contributed by atoms with van der Waals surface area (Å²) < 4.78 is 11.6. The van der Waals surface area contributed by atoms with Gasteiger partial charge in [0, 0.05) is 25.1 Å². The van der Waals surface area contributed by atoms with Crippen LogP contribution in [-0.2, 0) is 27.3 Å². The van der Waals surface area contributed by atoms with Crippen molar-refractivity contribution < 1.29 is 28.7 Å². The number of rotatable bonds is 15. The smallest absolute Gasteiger partial charge is 0.255 e. The number of unbranched alkanes of at least 4 members (excludes halogenated alkanes) is 4. The fraction of sp³-hybridized carbons (Fsp3) is 0.484. The van der Waals surface area contributed by atoms with Crippen LogP contribution in [0.4, 0.5) is 0 Å². The second-order valence-corrected chi connectivity index (χ2v) is 10.4. The van der Waals surface area contributed by atoms with Gasteiger partial charge in [0.25, 0.3) is 5.91 Å². The number of nitrogens with zero attached hydrogens (tertiary/aromatic N) is 1. The van der Waals surface area contributed by atoms with Crippen LogP contribution in [0.3, 0.4) is 0 Å². The molecule has 0 aliphatic carbocycles. The van der Waals surface area contributed by atoms with Crippen molar-refractivity contribution in [3.8, 4) is 11.5 Å². The summed E-state index contributed by atoms with van der Waals surface area (Å²) >= 11 is 0. The molecule has 0 radical (unpaired) electrons. The standard InChI is InChI=1S/C31H39N3O6/c1-2-3-17-39-24-10-8-22(9-11-24)19-29(36)32-16-6-4-5-7-18-40-25-12-13-26-23(20-25)21-34(31(26)38)27-14-15-28(35)33-30(27)37/h8-13,20,27H,2-7,14-19,21H2,1H3,(H,32,36)(H,33,35,37). The Morgan fingerprint density at radius 2 is 1.68 bits per heavy atom. The zero-order valence-corrected chi connectivity index (χ0v) is 23.2. The van der Waals surface area contributed by atoms with Crippen molar-refractivity contribution in [2.24, 2.45) is 0 Å². The van der Waals surface area contributed by atoms with Gasteiger partial charge >= 0.3 is 0 Å². The first-order valence-corrected chi connectivity index (χ1v) is 14.3. The summed E-state index contributed by atoms with van der Waals surface area (Å²) in [5, 5.41) is 5.31. The van der Waals surface area contributed by atoms with Crippen LogP contribution in [0.5, 0.6) is 11.5 Å². The molecule has 0 spiro atoms. The Kier molecular flexibility index (Phi) is 10.5. The van der Waals surface area contributed by atoms with Gasteiger partial charge in [0.05, 0.1) is 19.6 Å². The fourth-order valence-electron chi connectivity index (χ4n) is 4.92. The van der Waals surface area contributed by atoms with Crippen molar-refractivity contribution >= 4 is 23.6 Å². The lowest BCUT2D eigenvalue weighted by atomic mass is 10.0. The number of carbonyl (C=O) groups excluding carboxylic acids is 4. The Balaban J connectivity index is 1.08. The van der Waals surface area contributed by atoms with E-state index in [0.717, 1.165) is 55.4 Å². The molecule has 2 aliphatic rings. The number of imide groups is 1. The number of carbonyl (C=O) groups is 4. The minimum Gasteiger partial charge on any atom is -0.494 e. The van der Waals surface area contributed by atoms with Crippen LogP contribution in [-0.4, -0.2) is 54.3 Å². The highest BCUT2D eigenvalue weighted by Crippen LogP contribution is 2.30. The Bertz CT molecular complexity index is 1200. The average Bonchev–Trinajstić information content (AvgIpc) is 3.26. The van der Waals surface area contributed by atoms with E-state index in [4.69, 9.17) is 9.47 Å². The largest absolute Gasteiger partial charge is 0.494 e. The fourth-order valence-corrected chi connectivity index (χ4v) is 4.92. The summed E-state index contributed by atoms with van der Waals surface area (Å²) in [7, 11) is 0. The molecule has 4 rings (SSSR count). The van der Waals surface area contributed by atoms with Crippen molar-refractivity contribution in [1.82, 2.24) is 15.5 Å². The quantitative estimate of drug-likeness (QED) is 0.257. The van der Waals surface area contributed by atoms with E-state index in [1.807, 2.05) is 30.3 Å². The monoisotopic (exact) mass is 549 g/mol. The molecule has 4 amide bonds. The zero-order chi connectivity index (χ0) is 28.3. The molecule has 2 heterocycles. The van der Waals surface area contributed by atoms with Gasteiger partial charge in [-0.3, -0.25) is 24.5 Å². The summed E-state index contributed by atoms with van der Waals surface area (Å²) in [6, 6.07) is 12.5. The van der Waals surface area contributed by atoms with Gasteiger partial charge < -0.3 is 19.7 Å². The second kappa shape index (κ2) is 14.5. The maximum absolute atomic E-state index is 12.8. The molecule has 2 N–H and O–H groups in total. The summed E-state index contributed by atoms with van der Waals surface area (Å²) in [5.41, 5.74) is 2.38. The van der Waals surface area contributed by atoms with Crippen LogP contribution in [0.2, 0.25) is 0 Å². The molecule has 0 bridgehead atoms. The van der Waals surface area contributed by atoms with E-state index >= 15 is 0 Å². The number of amides is 4. The van der Waals surface area contributed by atoms with E-state index in [2.05, 4.69) is 17.6 Å². The van der Waals surface area contributed by atoms with E-state index in [-0.39, 0.29) is 24.1 Å². The molecule has 0 saturated carbocycles. The molecule has 2 aliphatic heterocycles. The van der Waals surface area contributed by atoms with Crippen LogP contribution < -0.4 is 20.1 Å². The first-order valence-electron chi connectivity index (χ1n) is 14.3. The second-order valence-electron chi connectivity index (χ2n) is 10.4. The van der Waals surface area contributed by atoms with Gasteiger partial charge in [0.2, 0.25) is 17.7 Å². The molecule has 1 unspecified atom stereocenters. The molecule has 1 fully saturated rings. The lowest BCUT2D eigenvalue weighted by Gasteiger charge is -2.29. The minimum absolute atomic E-state index is 0.0225. The normalized spacial score (nSPS) is 16.5. The number of nitrogens with one attached hydrogen (secondary N) is 2. The van der Waals surface area contributed by atoms with Crippen molar-refractivity contribution in [3.63, 3.8) is 0 Å². The summed E-state index contributed by atoms with van der Waals surface area (Å²) in [6.07, 6.45) is 6.86. The van der Waals surface area contributed by atoms with E-state index < -0.39 is 11.9 Å². The Morgan fingerprint density at radius 1 is 0.950 bits per heavy atom. The SMILES string of the molecule is CCCCOc1ccc(CC(=O)NCCCCCCOc2ccc3c(c2)CN(C2CCC(=O)NC2=O)C3=O)cc1. The van der Waals surface area contributed by atoms with Crippen LogP contribution in [0, 0.1) is 0 Å². The Morgan fingerprint density at radius 3 is 2.45 bits per heavy atom. The Hall–Kier alpha value is -3.88. The van der Waals surface area contributed by atoms with Gasteiger partial charge in [-0.05, 0) is 67.1 Å². The van der Waals surface area contributed by atoms with Gasteiger partial charge in [-0.15, -0.1) is 0 Å². The van der Waals surface area contributed by atoms with Crippen LogP contribution in [0.1, 0.15) is 79.8 Å². The molecule has 2 aromatic carbocycles. The lowest BCUT2D eigenvalue weighted by Crippen LogP contribution is -2.52. The maximum atomic E-state index is 12.8. The maximum Gasteiger partial charge on any atom is 0.255 e. The minimum atomic E-state index is -0.617. The summed E-state index contributed by atoms with van der Waals surface area (Å²) in [4.78, 5) is 50.2. The third-order valence-corrected chi connectivity index (χ3v) is 7.21. The van der Waals surface area contributed by atoms with Crippen LogP contribution in [0.15, 0.2) is 42.5 Å². The van der Waals surface area contributed by atoms with Crippen molar-refractivity contribution in [3.05, 3.63) is 59.2 Å². The van der Waals surface area contributed by atoms with Crippen molar-refractivity contribution in [2.45, 2.75) is 77.3 Å². The molecule has 40 heavy (non-hydrogen) atoms. The average molecular weight is 550 g/mol. The summed E-state index contributed by atoms with van der Waals surface area (Å²) in [5.74, 6) is 0.666. The first kappa shape index (κ1) is 29.1. The topological polar surface area (TPSA) is 114 Å². The molecule has 0 aromatic heterocycles. The van der Waals surface area contributed by atoms with E-state index in [0.29, 0.717) is 50.5 Å². The highest BCUT2D eigenvalue weighted by molar-refractivity contribution is 6.05. The predicted molar refractivity (Wildman–Crippen MR) is 150 cm³/mol. The number of hydrogen-bond donors (Lipinski definition) is 2. The third-order valence-electron chi connectivity index (χ3n) is 7.21. The van der Waals surface area contributed by atoms with Gasteiger partial charge in [-0.1, -0.05) is 38.3 Å². The number of ether oxygens (including phenoxy) is 2. The van der Waals surface area contributed by atoms with E-state index in [1.165, 1.54) is 4.90 Å². The van der Waals surface area contributed by atoms with Gasteiger partial charge in [0.1, 0.15) is 17.5 Å². The van der Waals surface area contributed by atoms with Crippen LogP contribution in [0.25, 0.3) is 0 Å². The van der Waals surface area contributed by atoms with E-state index in [1.54, 1.807) is 12.1 Å². The van der Waals surface area contributed by atoms with Gasteiger partial charge in [-0.25, -0.2) is 0 Å². The predicted octanol–water partition coefficient (Wildman–Crippen LogP) is 3.92. The third kappa shape index (κ3) is 8.07. The number of piperidine rings is 1. The molecule has 1 saturated heterocycles. The zero-order valence-electron chi connectivity index (χ0n) is 23.2. The first-order chi connectivity index (χ1) is 19.4. The summed E-state index contributed by atoms with van der Waals surface area (Å²) in [6.45, 7) is 4.40.